The molecule has 4 aromatic carbocycles. The number of thiophene rings is 2. The van der Waals surface area contributed by atoms with Gasteiger partial charge in [0.2, 0.25) is 0 Å². The Morgan fingerprint density at radius 3 is 1.42 bits per heavy atom. The Balaban J connectivity index is 1.44. The summed E-state index contributed by atoms with van der Waals surface area (Å²) >= 11 is 3.65. The number of hydrogen-bond donors (Lipinski definition) is 0. The monoisotopic (exact) mass is 501 g/mol. The van der Waals surface area contributed by atoms with E-state index in [0.29, 0.717) is 0 Å². The normalized spacial score (nSPS) is 12.3. The fourth-order valence-electron chi connectivity index (χ4n) is 4.70. The molecule has 0 aliphatic heterocycles. The third-order valence-corrected chi connectivity index (χ3v) is 8.88. The third-order valence-electron chi connectivity index (χ3n) is 6.58. The summed E-state index contributed by atoms with van der Waals surface area (Å²) in [7, 11) is 0. The molecular formula is C31H23N3S2. The maximum Gasteiger partial charge on any atom is 0.163 e. The molecule has 0 fully saturated rings. The topological polar surface area (TPSA) is 38.7 Å². The molecule has 0 N–H and O–H groups in total. The molecule has 0 aliphatic carbocycles. The summed E-state index contributed by atoms with van der Waals surface area (Å²) in [6.45, 7) is 6.46. The minimum absolute atomic E-state index is 0.204. The van der Waals surface area contributed by atoms with E-state index in [1.165, 1.54) is 40.3 Å². The van der Waals surface area contributed by atoms with Crippen molar-refractivity contribution >= 4 is 63.0 Å². The number of hydrogen-bond acceptors (Lipinski definition) is 5. The third kappa shape index (κ3) is 3.50. The molecule has 0 radical (unpaired) electrons. The van der Waals surface area contributed by atoms with Gasteiger partial charge >= 0.3 is 0 Å². The molecule has 0 saturated heterocycles. The van der Waals surface area contributed by atoms with Crippen molar-refractivity contribution in [3.63, 3.8) is 0 Å². The quantitative estimate of drug-likeness (QED) is 0.237. The first kappa shape index (κ1) is 21.6. The lowest BCUT2D eigenvalue weighted by Gasteiger charge is -2.18. The van der Waals surface area contributed by atoms with E-state index in [9.17, 15) is 0 Å². The molecular weight excluding hydrogens is 478 g/mol. The fourth-order valence-corrected chi connectivity index (χ4v) is 6.87. The van der Waals surface area contributed by atoms with Gasteiger partial charge in [0, 0.05) is 56.9 Å². The van der Waals surface area contributed by atoms with Crippen molar-refractivity contribution in [2.45, 2.75) is 26.2 Å². The summed E-state index contributed by atoms with van der Waals surface area (Å²) in [5.41, 5.74) is 1.83. The molecule has 36 heavy (non-hydrogen) atoms. The van der Waals surface area contributed by atoms with Crippen LogP contribution < -0.4 is 0 Å². The zero-order valence-corrected chi connectivity index (χ0v) is 21.9. The fraction of sp³-hybridized carbons (Fsp3) is 0.129. The van der Waals surface area contributed by atoms with Crippen molar-refractivity contribution in [1.29, 1.82) is 0 Å². The van der Waals surface area contributed by atoms with Crippen LogP contribution >= 0.6 is 22.7 Å². The average molecular weight is 502 g/mol. The van der Waals surface area contributed by atoms with Crippen LogP contribution in [0.3, 0.4) is 0 Å². The van der Waals surface area contributed by atoms with E-state index in [4.69, 9.17) is 15.0 Å². The molecule has 3 aromatic heterocycles. The van der Waals surface area contributed by atoms with Crippen molar-refractivity contribution < 1.29 is 0 Å². The number of fused-ring (bicyclic) bond motifs is 6. The minimum Gasteiger partial charge on any atom is -0.212 e. The van der Waals surface area contributed by atoms with Gasteiger partial charge in [-0.15, -0.1) is 22.7 Å². The Hall–Kier alpha value is -3.67. The maximum absolute atomic E-state index is 5.01. The Kier molecular flexibility index (Phi) is 4.75. The van der Waals surface area contributed by atoms with E-state index >= 15 is 0 Å². The Morgan fingerprint density at radius 2 is 0.944 bits per heavy atom. The summed E-state index contributed by atoms with van der Waals surface area (Å²) in [4.78, 5) is 14.9. The van der Waals surface area contributed by atoms with E-state index in [1.54, 1.807) is 0 Å². The Morgan fingerprint density at radius 1 is 0.500 bits per heavy atom. The zero-order valence-electron chi connectivity index (χ0n) is 20.2. The lowest BCUT2D eigenvalue weighted by molar-refractivity contribution is 0.543. The van der Waals surface area contributed by atoms with Crippen LogP contribution in [-0.2, 0) is 5.41 Å². The van der Waals surface area contributed by atoms with Gasteiger partial charge in [0.1, 0.15) is 5.82 Å². The first-order valence-corrected chi connectivity index (χ1v) is 13.7. The van der Waals surface area contributed by atoms with Crippen molar-refractivity contribution in [3.8, 4) is 22.8 Å². The van der Waals surface area contributed by atoms with E-state index < -0.39 is 0 Å². The van der Waals surface area contributed by atoms with Crippen LogP contribution in [0, 0.1) is 0 Å². The standard InChI is InChI=1S/C31H23N3S2/c1-31(2,3)30-33-28(18-12-14-26-22(16-18)20-8-4-6-10-24(20)35-26)32-29(34-30)19-13-15-27-23(17-19)21-9-5-7-11-25(21)36-27/h4-17H,1-3H3. The molecule has 0 amide bonds. The molecule has 0 aliphatic rings. The summed E-state index contributed by atoms with van der Waals surface area (Å²) in [6.07, 6.45) is 0. The van der Waals surface area contributed by atoms with Crippen LogP contribution in [0.25, 0.3) is 63.1 Å². The summed E-state index contributed by atoms with van der Waals surface area (Å²) in [6, 6.07) is 30.3. The zero-order chi connectivity index (χ0) is 24.4. The lowest BCUT2D eigenvalue weighted by atomic mass is 9.95. The van der Waals surface area contributed by atoms with Crippen molar-refractivity contribution in [2.24, 2.45) is 0 Å². The van der Waals surface area contributed by atoms with Gasteiger partial charge < -0.3 is 0 Å². The first-order chi connectivity index (χ1) is 17.4. The van der Waals surface area contributed by atoms with Gasteiger partial charge in [0.15, 0.2) is 11.6 Å². The number of nitrogens with zero attached hydrogens (tertiary/aromatic N) is 3. The van der Waals surface area contributed by atoms with Crippen molar-refractivity contribution in [2.75, 3.05) is 0 Å². The van der Waals surface area contributed by atoms with Gasteiger partial charge in [-0.3, -0.25) is 0 Å². The molecule has 174 valence electrons. The SMILES string of the molecule is CC(C)(C)c1nc(-c2ccc3sc4ccccc4c3c2)nc(-c2ccc3sc4ccccc4c3c2)n1. The van der Waals surface area contributed by atoms with E-state index in [2.05, 4.69) is 106 Å². The predicted octanol–water partition coefficient (Wildman–Crippen LogP) is 9.24. The number of aromatic nitrogens is 3. The molecule has 0 bridgehead atoms. The lowest BCUT2D eigenvalue weighted by Crippen LogP contribution is -2.18. The smallest absolute Gasteiger partial charge is 0.163 e. The van der Waals surface area contributed by atoms with Gasteiger partial charge in [-0.25, -0.2) is 15.0 Å². The van der Waals surface area contributed by atoms with E-state index in [0.717, 1.165) is 28.6 Å². The van der Waals surface area contributed by atoms with Crippen LogP contribution in [0.4, 0.5) is 0 Å². The number of rotatable bonds is 2. The molecule has 0 saturated carbocycles. The Labute approximate surface area is 217 Å². The van der Waals surface area contributed by atoms with Gasteiger partial charge in [-0.2, -0.15) is 0 Å². The van der Waals surface area contributed by atoms with Crippen molar-refractivity contribution in [3.05, 3.63) is 90.8 Å². The van der Waals surface area contributed by atoms with Gasteiger partial charge in [0.05, 0.1) is 0 Å². The summed E-state index contributed by atoms with van der Waals surface area (Å²) < 4.78 is 5.15. The predicted molar refractivity (Wildman–Crippen MR) is 155 cm³/mol. The molecule has 0 atom stereocenters. The van der Waals surface area contributed by atoms with Crippen LogP contribution in [0.15, 0.2) is 84.9 Å². The molecule has 7 rings (SSSR count). The highest BCUT2D eigenvalue weighted by molar-refractivity contribution is 7.26. The van der Waals surface area contributed by atoms with E-state index in [1.807, 2.05) is 22.7 Å². The molecule has 0 unspecified atom stereocenters. The molecule has 3 nitrogen and oxygen atoms in total. The Bertz CT molecular complexity index is 1810. The highest BCUT2D eigenvalue weighted by Crippen LogP contribution is 2.38. The van der Waals surface area contributed by atoms with Crippen LogP contribution in [0.5, 0.6) is 0 Å². The highest BCUT2D eigenvalue weighted by atomic mass is 32.1. The molecule has 3 heterocycles. The highest BCUT2D eigenvalue weighted by Gasteiger charge is 2.22. The molecule has 7 aromatic rings. The number of benzene rings is 4. The maximum atomic E-state index is 5.01. The summed E-state index contributed by atoms with van der Waals surface area (Å²) in [5.74, 6) is 2.24. The van der Waals surface area contributed by atoms with Gasteiger partial charge in [0.25, 0.3) is 0 Å². The van der Waals surface area contributed by atoms with Crippen molar-refractivity contribution in [1.82, 2.24) is 15.0 Å². The van der Waals surface area contributed by atoms with Gasteiger partial charge in [-0.1, -0.05) is 57.2 Å². The molecule has 5 heteroatoms. The van der Waals surface area contributed by atoms with Gasteiger partial charge in [-0.05, 0) is 48.5 Å². The second-order valence-corrected chi connectivity index (χ2v) is 12.3. The summed E-state index contributed by atoms with van der Waals surface area (Å²) in [5, 5.41) is 5.05. The van der Waals surface area contributed by atoms with Crippen LogP contribution in [-0.4, -0.2) is 15.0 Å². The largest absolute Gasteiger partial charge is 0.212 e. The minimum atomic E-state index is -0.204. The second kappa shape index (κ2) is 7.92. The van der Waals surface area contributed by atoms with Crippen LogP contribution in [0.1, 0.15) is 26.6 Å². The molecule has 0 spiro atoms. The van der Waals surface area contributed by atoms with E-state index in [-0.39, 0.29) is 5.41 Å². The van der Waals surface area contributed by atoms with Crippen LogP contribution in [0.2, 0.25) is 0 Å². The average Bonchev–Trinajstić information content (AvgIpc) is 3.45. The second-order valence-electron chi connectivity index (χ2n) is 10.2. The first-order valence-electron chi connectivity index (χ1n) is 12.0.